The number of nitrogens with zero attached hydrogens (tertiary/aromatic N) is 3. The van der Waals surface area contributed by atoms with Crippen molar-refractivity contribution in [2.24, 2.45) is 5.92 Å². The molecular formula is C21H24N4O5. The van der Waals surface area contributed by atoms with Crippen LogP contribution in [-0.2, 0) is 20.9 Å². The molecule has 2 aliphatic rings. The molecule has 9 nitrogen and oxygen atoms in total. The van der Waals surface area contributed by atoms with Crippen molar-refractivity contribution in [3.63, 3.8) is 0 Å². The van der Waals surface area contributed by atoms with E-state index in [1.165, 1.54) is 10.5 Å². The third-order valence-electron chi connectivity index (χ3n) is 5.90. The standard InChI is InChI=1S/C21H24N4O5/c1-13-5-7-21(8-6-13)19(28)25(20(29)23-21)11-18(27)30-12-15-9-17(26)24-10-14(2)3-4-16(24)22-15/h3-4,9-10,13H,5-8,11-12H2,1-2H3,(H,23,29). The van der Waals surface area contributed by atoms with Gasteiger partial charge in [0, 0.05) is 12.3 Å². The van der Waals surface area contributed by atoms with Gasteiger partial charge in [0.1, 0.15) is 24.3 Å². The lowest BCUT2D eigenvalue weighted by Gasteiger charge is -2.33. The maximum absolute atomic E-state index is 12.8. The second-order valence-corrected chi connectivity index (χ2v) is 8.27. The van der Waals surface area contributed by atoms with Crippen molar-refractivity contribution in [2.75, 3.05) is 6.54 Å². The number of aromatic nitrogens is 2. The smallest absolute Gasteiger partial charge is 0.326 e. The predicted molar refractivity (Wildman–Crippen MR) is 107 cm³/mol. The van der Waals surface area contributed by atoms with Crippen LogP contribution in [0.4, 0.5) is 4.79 Å². The fraction of sp³-hybridized carbons (Fsp3) is 0.476. The molecule has 4 rings (SSSR count). The molecule has 3 amide bonds. The number of pyridine rings is 1. The number of aryl methyl sites for hydroxylation is 1. The van der Waals surface area contributed by atoms with E-state index in [2.05, 4.69) is 17.2 Å². The number of carbonyl (C=O) groups excluding carboxylic acids is 3. The summed E-state index contributed by atoms with van der Waals surface area (Å²) in [4.78, 5) is 54.8. The molecular weight excluding hydrogens is 388 g/mol. The van der Waals surface area contributed by atoms with Crippen molar-refractivity contribution < 1.29 is 19.1 Å². The van der Waals surface area contributed by atoms with E-state index in [1.807, 2.05) is 13.0 Å². The zero-order chi connectivity index (χ0) is 21.5. The van der Waals surface area contributed by atoms with Gasteiger partial charge >= 0.3 is 12.0 Å². The molecule has 158 valence electrons. The van der Waals surface area contributed by atoms with Gasteiger partial charge in [-0.15, -0.1) is 0 Å². The number of hydrogen-bond donors (Lipinski definition) is 1. The van der Waals surface area contributed by atoms with Gasteiger partial charge in [-0.3, -0.25) is 23.7 Å². The Hall–Kier alpha value is -3.23. The van der Waals surface area contributed by atoms with Gasteiger partial charge in [-0.2, -0.15) is 0 Å². The van der Waals surface area contributed by atoms with E-state index in [0.717, 1.165) is 23.3 Å². The van der Waals surface area contributed by atoms with Crippen LogP contribution in [0.3, 0.4) is 0 Å². The van der Waals surface area contributed by atoms with Crippen molar-refractivity contribution in [1.29, 1.82) is 0 Å². The molecule has 30 heavy (non-hydrogen) atoms. The quantitative estimate of drug-likeness (QED) is 0.603. The highest BCUT2D eigenvalue weighted by atomic mass is 16.5. The highest BCUT2D eigenvalue weighted by molar-refractivity contribution is 6.08. The molecule has 1 N–H and O–H groups in total. The number of fused-ring (bicyclic) bond motifs is 1. The maximum Gasteiger partial charge on any atom is 0.326 e. The van der Waals surface area contributed by atoms with Gasteiger partial charge in [-0.1, -0.05) is 13.0 Å². The molecule has 1 aliphatic heterocycles. The lowest BCUT2D eigenvalue weighted by molar-refractivity contribution is -0.149. The molecule has 9 heteroatoms. The molecule has 0 atom stereocenters. The van der Waals surface area contributed by atoms with Gasteiger partial charge in [0.15, 0.2) is 0 Å². The van der Waals surface area contributed by atoms with Crippen LogP contribution in [0.2, 0.25) is 0 Å². The van der Waals surface area contributed by atoms with Crippen molar-refractivity contribution in [2.45, 2.75) is 51.7 Å². The summed E-state index contributed by atoms with van der Waals surface area (Å²) < 4.78 is 6.60. The average molecular weight is 412 g/mol. The van der Waals surface area contributed by atoms with Crippen LogP contribution in [0.15, 0.2) is 29.2 Å². The Morgan fingerprint density at radius 2 is 2.00 bits per heavy atom. The number of urea groups is 1. The molecule has 1 aliphatic carbocycles. The van der Waals surface area contributed by atoms with Crippen LogP contribution in [0.25, 0.3) is 5.65 Å². The monoisotopic (exact) mass is 412 g/mol. The fourth-order valence-electron chi connectivity index (χ4n) is 4.07. The second kappa shape index (κ2) is 7.55. The van der Waals surface area contributed by atoms with E-state index in [4.69, 9.17) is 4.74 Å². The third kappa shape index (κ3) is 3.67. The molecule has 2 aromatic rings. The van der Waals surface area contributed by atoms with Crippen LogP contribution in [0, 0.1) is 12.8 Å². The number of hydrogen-bond acceptors (Lipinski definition) is 6. The number of amides is 3. The number of imide groups is 1. The Morgan fingerprint density at radius 1 is 1.27 bits per heavy atom. The van der Waals surface area contributed by atoms with Crippen LogP contribution in [0.5, 0.6) is 0 Å². The molecule has 0 bridgehead atoms. The molecule has 1 saturated carbocycles. The van der Waals surface area contributed by atoms with E-state index in [0.29, 0.717) is 30.1 Å². The van der Waals surface area contributed by atoms with Crippen molar-refractivity contribution in [3.8, 4) is 0 Å². The Balaban J connectivity index is 1.40. The number of carbonyl (C=O) groups is 3. The van der Waals surface area contributed by atoms with E-state index in [1.54, 1.807) is 12.3 Å². The Kier molecular flexibility index (Phi) is 5.05. The highest BCUT2D eigenvalue weighted by Crippen LogP contribution is 2.36. The summed E-state index contributed by atoms with van der Waals surface area (Å²) in [5.41, 5.74) is 0.492. The molecule has 0 unspecified atom stereocenters. The van der Waals surface area contributed by atoms with Gasteiger partial charge in [0.25, 0.3) is 11.5 Å². The van der Waals surface area contributed by atoms with Crippen molar-refractivity contribution in [1.82, 2.24) is 19.6 Å². The predicted octanol–water partition coefficient (Wildman–Crippen LogP) is 1.55. The Bertz CT molecular complexity index is 1080. The van der Waals surface area contributed by atoms with E-state index >= 15 is 0 Å². The Labute approximate surface area is 173 Å². The summed E-state index contributed by atoms with van der Waals surface area (Å²) in [6.07, 6.45) is 4.54. The minimum Gasteiger partial charge on any atom is -0.458 e. The maximum atomic E-state index is 12.8. The number of nitrogens with one attached hydrogen (secondary N) is 1. The van der Waals surface area contributed by atoms with Gasteiger partial charge in [-0.05, 0) is 50.2 Å². The highest BCUT2D eigenvalue weighted by Gasteiger charge is 2.52. The molecule has 0 radical (unpaired) electrons. The summed E-state index contributed by atoms with van der Waals surface area (Å²) >= 11 is 0. The lowest BCUT2D eigenvalue weighted by Crippen LogP contribution is -2.49. The normalized spacial score (nSPS) is 23.8. The zero-order valence-corrected chi connectivity index (χ0v) is 17.0. The van der Waals surface area contributed by atoms with Crippen LogP contribution < -0.4 is 10.9 Å². The Morgan fingerprint density at radius 3 is 2.73 bits per heavy atom. The summed E-state index contributed by atoms with van der Waals surface area (Å²) in [6.45, 7) is 3.31. The number of ether oxygens (including phenoxy) is 1. The van der Waals surface area contributed by atoms with Gasteiger partial charge in [0.2, 0.25) is 0 Å². The first-order chi connectivity index (χ1) is 14.3. The summed E-state index contributed by atoms with van der Waals surface area (Å²) in [6, 6.07) is 4.27. The van der Waals surface area contributed by atoms with Crippen molar-refractivity contribution in [3.05, 3.63) is 46.0 Å². The van der Waals surface area contributed by atoms with E-state index < -0.39 is 24.1 Å². The molecule has 3 heterocycles. The first-order valence-corrected chi connectivity index (χ1v) is 10.1. The van der Waals surface area contributed by atoms with Crippen LogP contribution in [-0.4, -0.2) is 44.3 Å². The van der Waals surface area contributed by atoms with E-state index in [9.17, 15) is 19.2 Å². The largest absolute Gasteiger partial charge is 0.458 e. The van der Waals surface area contributed by atoms with E-state index in [-0.39, 0.29) is 18.1 Å². The number of esters is 1. The SMILES string of the molecule is Cc1ccc2nc(COC(=O)CN3C(=O)NC4(CCC(C)CC4)C3=O)cc(=O)n2c1. The fourth-order valence-corrected chi connectivity index (χ4v) is 4.07. The molecule has 1 spiro atoms. The first kappa shape index (κ1) is 20.1. The molecule has 0 aromatic carbocycles. The van der Waals surface area contributed by atoms with Crippen LogP contribution in [0.1, 0.15) is 43.9 Å². The number of rotatable bonds is 4. The zero-order valence-electron chi connectivity index (χ0n) is 17.0. The topological polar surface area (TPSA) is 110 Å². The summed E-state index contributed by atoms with van der Waals surface area (Å²) in [5, 5.41) is 2.77. The summed E-state index contributed by atoms with van der Waals surface area (Å²) in [5.74, 6) is -0.582. The molecule has 2 fully saturated rings. The van der Waals surface area contributed by atoms with Gasteiger partial charge < -0.3 is 10.1 Å². The lowest BCUT2D eigenvalue weighted by atomic mass is 9.77. The van der Waals surface area contributed by atoms with Crippen LogP contribution >= 0.6 is 0 Å². The van der Waals surface area contributed by atoms with Gasteiger partial charge in [0.05, 0.1) is 5.69 Å². The minimum atomic E-state index is -0.892. The second-order valence-electron chi connectivity index (χ2n) is 8.27. The first-order valence-electron chi connectivity index (χ1n) is 10.1. The minimum absolute atomic E-state index is 0.218. The molecule has 2 aromatic heterocycles. The van der Waals surface area contributed by atoms with Crippen molar-refractivity contribution >= 4 is 23.6 Å². The van der Waals surface area contributed by atoms with Gasteiger partial charge in [-0.25, -0.2) is 9.78 Å². The summed E-state index contributed by atoms with van der Waals surface area (Å²) in [7, 11) is 0. The molecule has 1 saturated heterocycles. The average Bonchev–Trinajstić information content (AvgIpc) is 2.93. The third-order valence-corrected chi connectivity index (χ3v) is 5.90.